The number of ether oxygens (including phenoxy) is 1. The molecule has 13 heavy (non-hydrogen) atoms. The van der Waals surface area contributed by atoms with E-state index in [1.54, 1.807) is 6.20 Å². The molecule has 0 saturated carbocycles. The fourth-order valence-corrected chi connectivity index (χ4v) is 1.19. The highest BCUT2D eigenvalue weighted by Crippen LogP contribution is 2.16. The molecule has 0 N–H and O–H groups in total. The van der Waals surface area contributed by atoms with Crippen molar-refractivity contribution < 1.29 is 4.74 Å². The van der Waals surface area contributed by atoms with E-state index in [1.807, 2.05) is 39.0 Å². The molecule has 1 aromatic rings. The van der Waals surface area contributed by atoms with Crippen LogP contribution in [0.5, 0.6) is 0 Å². The van der Waals surface area contributed by atoms with Crippen LogP contribution < -0.4 is 0 Å². The van der Waals surface area contributed by atoms with Crippen LogP contribution in [0.3, 0.4) is 0 Å². The Labute approximate surface area is 79.3 Å². The van der Waals surface area contributed by atoms with E-state index >= 15 is 0 Å². The molecular weight excluding hydrogens is 162 g/mol. The Kier molecular flexibility index (Phi) is 3.50. The summed E-state index contributed by atoms with van der Waals surface area (Å²) in [6.07, 6.45) is 3.73. The van der Waals surface area contributed by atoms with Gasteiger partial charge in [0, 0.05) is 6.20 Å². The van der Waals surface area contributed by atoms with Crippen LogP contribution in [-0.4, -0.2) is 11.6 Å². The van der Waals surface area contributed by atoms with Gasteiger partial charge in [-0.25, -0.2) is 0 Å². The second kappa shape index (κ2) is 4.65. The third-order valence-corrected chi connectivity index (χ3v) is 1.80. The highest BCUT2D eigenvalue weighted by molar-refractivity contribution is 5.58. The van der Waals surface area contributed by atoms with Crippen molar-refractivity contribution in [1.82, 2.24) is 4.98 Å². The third kappa shape index (κ3) is 2.31. The third-order valence-electron chi connectivity index (χ3n) is 1.80. The van der Waals surface area contributed by atoms with Gasteiger partial charge < -0.3 is 4.74 Å². The first-order valence-electron chi connectivity index (χ1n) is 4.50. The predicted octanol–water partition coefficient (Wildman–Crippen LogP) is 2.79. The summed E-state index contributed by atoms with van der Waals surface area (Å²) in [6.45, 7) is 6.64. The van der Waals surface area contributed by atoms with E-state index in [0.717, 1.165) is 17.0 Å². The maximum Gasteiger partial charge on any atom is 0.140 e. The van der Waals surface area contributed by atoms with Gasteiger partial charge in [0.2, 0.25) is 0 Å². The summed E-state index contributed by atoms with van der Waals surface area (Å²) in [5.41, 5.74) is 2.08. The maximum absolute atomic E-state index is 5.46. The molecule has 0 fully saturated rings. The molecule has 0 atom stereocenters. The minimum atomic E-state index is 0.676. The summed E-state index contributed by atoms with van der Waals surface area (Å²) in [6, 6.07) is 3.96. The van der Waals surface area contributed by atoms with Crippen molar-refractivity contribution in [2.45, 2.75) is 20.8 Å². The van der Waals surface area contributed by atoms with Gasteiger partial charge in [0.25, 0.3) is 0 Å². The molecule has 70 valence electrons. The average molecular weight is 177 g/mol. The Morgan fingerprint density at radius 3 is 2.92 bits per heavy atom. The van der Waals surface area contributed by atoms with E-state index in [4.69, 9.17) is 4.74 Å². The molecule has 0 radical (unpaired) electrons. The van der Waals surface area contributed by atoms with Crippen molar-refractivity contribution >= 4 is 5.76 Å². The fourth-order valence-electron chi connectivity index (χ4n) is 1.19. The zero-order valence-corrected chi connectivity index (χ0v) is 8.37. The zero-order chi connectivity index (χ0) is 9.68. The average Bonchev–Trinajstić information content (AvgIpc) is 2.16. The number of hydrogen-bond donors (Lipinski definition) is 0. The molecule has 1 heterocycles. The van der Waals surface area contributed by atoms with Gasteiger partial charge in [-0.2, -0.15) is 0 Å². The molecule has 0 unspecified atom stereocenters. The van der Waals surface area contributed by atoms with Crippen molar-refractivity contribution in [3.8, 4) is 0 Å². The van der Waals surface area contributed by atoms with E-state index in [9.17, 15) is 0 Å². The number of nitrogens with zero attached hydrogens (tertiary/aromatic N) is 1. The predicted molar refractivity (Wildman–Crippen MR) is 54.3 cm³/mol. The van der Waals surface area contributed by atoms with Crippen LogP contribution in [-0.2, 0) is 4.74 Å². The van der Waals surface area contributed by atoms with E-state index in [2.05, 4.69) is 4.98 Å². The van der Waals surface area contributed by atoms with Gasteiger partial charge in [-0.15, -0.1) is 0 Å². The molecule has 2 heteroatoms. The monoisotopic (exact) mass is 177 g/mol. The number of hydrogen-bond acceptors (Lipinski definition) is 2. The van der Waals surface area contributed by atoms with Gasteiger partial charge in [-0.1, -0.05) is 6.07 Å². The van der Waals surface area contributed by atoms with Crippen LogP contribution in [0.15, 0.2) is 24.4 Å². The number of pyridine rings is 1. The van der Waals surface area contributed by atoms with Crippen LogP contribution >= 0.6 is 0 Å². The van der Waals surface area contributed by atoms with Crippen LogP contribution in [0.4, 0.5) is 0 Å². The molecule has 1 aromatic heterocycles. The lowest BCUT2D eigenvalue weighted by Gasteiger charge is -2.09. The first-order valence-corrected chi connectivity index (χ1v) is 4.50. The van der Waals surface area contributed by atoms with Crippen LogP contribution in [0.2, 0.25) is 0 Å². The summed E-state index contributed by atoms with van der Waals surface area (Å²) in [5, 5.41) is 0. The van der Waals surface area contributed by atoms with Crippen LogP contribution in [0.25, 0.3) is 5.76 Å². The van der Waals surface area contributed by atoms with Crippen molar-refractivity contribution in [3.05, 3.63) is 35.7 Å². The smallest absolute Gasteiger partial charge is 0.140 e. The van der Waals surface area contributed by atoms with Crippen molar-refractivity contribution in [1.29, 1.82) is 0 Å². The summed E-state index contributed by atoms with van der Waals surface area (Å²) >= 11 is 0. The van der Waals surface area contributed by atoms with E-state index in [1.165, 1.54) is 0 Å². The number of aromatic nitrogens is 1. The van der Waals surface area contributed by atoms with Gasteiger partial charge in [0.15, 0.2) is 0 Å². The largest absolute Gasteiger partial charge is 0.492 e. The van der Waals surface area contributed by atoms with E-state index in [-0.39, 0.29) is 0 Å². The number of allylic oxidation sites excluding steroid dienone is 1. The summed E-state index contributed by atoms with van der Waals surface area (Å²) < 4.78 is 5.46. The number of aryl methyl sites for hydroxylation is 1. The molecule has 0 aromatic carbocycles. The number of rotatable bonds is 3. The second-order valence-corrected chi connectivity index (χ2v) is 2.75. The first-order chi connectivity index (χ1) is 6.29. The molecule has 2 nitrogen and oxygen atoms in total. The van der Waals surface area contributed by atoms with Crippen molar-refractivity contribution in [3.63, 3.8) is 0 Å². The van der Waals surface area contributed by atoms with Gasteiger partial charge >= 0.3 is 0 Å². The van der Waals surface area contributed by atoms with Gasteiger partial charge in [0.1, 0.15) is 11.5 Å². The maximum atomic E-state index is 5.46. The topological polar surface area (TPSA) is 22.1 Å². The zero-order valence-electron chi connectivity index (χ0n) is 8.37. The standard InChI is InChI=1S/C11H15NO/c1-4-10(13-5-2)11-9(3)7-6-8-12-11/h4,6-8H,5H2,1-3H3/b10-4+. The van der Waals surface area contributed by atoms with Gasteiger partial charge in [-0.3, -0.25) is 4.98 Å². The van der Waals surface area contributed by atoms with Crippen molar-refractivity contribution in [2.24, 2.45) is 0 Å². The summed E-state index contributed by atoms with van der Waals surface area (Å²) in [4.78, 5) is 4.27. The van der Waals surface area contributed by atoms with E-state index < -0.39 is 0 Å². The lowest BCUT2D eigenvalue weighted by atomic mass is 10.2. The Bertz CT molecular complexity index is 305. The summed E-state index contributed by atoms with van der Waals surface area (Å²) in [5.74, 6) is 0.862. The molecule has 0 spiro atoms. The molecule has 1 rings (SSSR count). The lowest BCUT2D eigenvalue weighted by molar-refractivity contribution is 0.296. The molecule has 0 bridgehead atoms. The Morgan fingerprint density at radius 1 is 1.62 bits per heavy atom. The summed E-state index contributed by atoms with van der Waals surface area (Å²) in [7, 11) is 0. The Morgan fingerprint density at radius 2 is 2.38 bits per heavy atom. The molecule has 0 amide bonds. The molecule has 0 aliphatic rings. The van der Waals surface area contributed by atoms with Crippen molar-refractivity contribution in [2.75, 3.05) is 6.61 Å². The SMILES string of the molecule is C/C=C(/OCC)c1ncccc1C. The first kappa shape index (κ1) is 9.78. The minimum absolute atomic E-state index is 0.676. The van der Waals surface area contributed by atoms with Crippen LogP contribution in [0.1, 0.15) is 25.1 Å². The highest BCUT2D eigenvalue weighted by Gasteiger charge is 2.04. The van der Waals surface area contributed by atoms with Gasteiger partial charge in [0.05, 0.1) is 6.61 Å². The van der Waals surface area contributed by atoms with Gasteiger partial charge in [-0.05, 0) is 38.5 Å². The van der Waals surface area contributed by atoms with Crippen LogP contribution in [0, 0.1) is 6.92 Å². The molecular formula is C11H15NO. The Hall–Kier alpha value is -1.31. The lowest BCUT2D eigenvalue weighted by Crippen LogP contribution is -1.96. The quantitative estimate of drug-likeness (QED) is 0.662. The molecule has 0 aliphatic carbocycles. The normalized spacial score (nSPS) is 11.5. The minimum Gasteiger partial charge on any atom is -0.492 e. The Balaban J connectivity index is 2.99. The van der Waals surface area contributed by atoms with E-state index in [0.29, 0.717) is 6.61 Å². The molecule has 0 aliphatic heterocycles. The highest BCUT2D eigenvalue weighted by atomic mass is 16.5. The fraction of sp³-hybridized carbons (Fsp3) is 0.364. The molecule has 0 saturated heterocycles. The second-order valence-electron chi connectivity index (χ2n) is 2.75.